The van der Waals surface area contributed by atoms with E-state index in [1.807, 2.05) is 6.92 Å². The summed E-state index contributed by atoms with van der Waals surface area (Å²) in [6.07, 6.45) is 2.38. The van der Waals surface area contributed by atoms with Crippen molar-refractivity contribution in [3.63, 3.8) is 0 Å². The first kappa shape index (κ1) is 8.81. The van der Waals surface area contributed by atoms with E-state index in [1.54, 1.807) is 6.08 Å². The molecule has 0 spiro atoms. The average Bonchev–Trinajstić information content (AvgIpc) is 1.82. The highest BCUT2D eigenvalue weighted by molar-refractivity contribution is 7.77. The van der Waals surface area contributed by atoms with Gasteiger partial charge in [0, 0.05) is 6.04 Å². The van der Waals surface area contributed by atoms with Crippen molar-refractivity contribution in [3.05, 3.63) is 12.7 Å². The molecule has 0 aliphatic heterocycles. The summed E-state index contributed by atoms with van der Waals surface area (Å²) in [7, 11) is 0. The lowest BCUT2D eigenvalue weighted by Crippen LogP contribution is -2.27. The summed E-state index contributed by atoms with van der Waals surface area (Å²) in [6.45, 7) is 5.39. The van der Waals surface area contributed by atoms with Crippen molar-refractivity contribution in [1.29, 1.82) is 0 Å². The average molecular weight is 149 g/mol. The van der Waals surface area contributed by atoms with Gasteiger partial charge in [-0.3, -0.25) is 4.55 Å². The minimum absolute atomic E-state index is 0.0594. The summed E-state index contributed by atoms with van der Waals surface area (Å²) in [5, 5.41) is 0. The van der Waals surface area contributed by atoms with Gasteiger partial charge >= 0.3 is 0 Å². The molecule has 2 N–H and O–H groups in total. The monoisotopic (exact) mass is 149 g/mol. The fourth-order valence-corrected chi connectivity index (χ4v) is 0.949. The van der Waals surface area contributed by atoms with Crippen LogP contribution in [0.25, 0.3) is 0 Å². The van der Waals surface area contributed by atoms with Crippen LogP contribution in [0.4, 0.5) is 0 Å². The maximum Gasteiger partial charge on any atom is 0.232 e. The van der Waals surface area contributed by atoms with Gasteiger partial charge in [-0.1, -0.05) is 13.0 Å². The van der Waals surface area contributed by atoms with E-state index in [9.17, 15) is 4.21 Å². The number of rotatable bonds is 4. The first-order valence-electron chi connectivity index (χ1n) is 2.70. The van der Waals surface area contributed by atoms with Crippen LogP contribution in [0.15, 0.2) is 12.7 Å². The van der Waals surface area contributed by atoms with Crippen LogP contribution in [-0.2, 0) is 11.3 Å². The zero-order valence-corrected chi connectivity index (χ0v) is 6.15. The van der Waals surface area contributed by atoms with E-state index < -0.39 is 11.3 Å². The van der Waals surface area contributed by atoms with E-state index in [-0.39, 0.29) is 6.04 Å². The predicted octanol–water partition coefficient (Wildman–Crippen LogP) is 0.677. The predicted molar refractivity (Wildman–Crippen MR) is 38.2 cm³/mol. The van der Waals surface area contributed by atoms with Crippen molar-refractivity contribution in [2.24, 2.45) is 0 Å². The van der Waals surface area contributed by atoms with Crippen molar-refractivity contribution in [3.8, 4) is 0 Å². The van der Waals surface area contributed by atoms with Crippen molar-refractivity contribution in [2.75, 3.05) is 0 Å². The molecular formula is C5H11NO2S. The Kier molecular flexibility index (Phi) is 4.57. The fraction of sp³-hybridized carbons (Fsp3) is 0.600. The van der Waals surface area contributed by atoms with E-state index >= 15 is 0 Å². The molecule has 4 heteroatoms. The molecule has 54 valence electrons. The second kappa shape index (κ2) is 4.67. The first-order valence-corrected chi connectivity index (χ1v) is 3.81. The van der Waals surface area contributed by atoms with Gasteiger partial charge in [0.05, 0.1) is 0 Å². The van der Waals surface area contributed by atoms with Gasteiger partial charge < -0.3 is 0 Å². The van der Waals surface area contributed by atoms with Crippen LogP contribution in [0.2, 0.25) is 0 Å². The fourth-order valence-electron chi connectivity index (χ4n) is 0.428. The molecule has 0 heterocycles. The van der Waals surface area contributed by atoms with Crippen LogP contribution < -0.4 is 4.72 Å². The highest BCUT2D eigenvalue weighted by atomic mass is 32.2. The van der Waals surface area contributed by atoms with Gasteiger partial charge in [-0.05, 0) is 6.42 Å². The molecule has 0 saturated heterocycles. The lowest BCUT2D eigenvalue weighted by molar-refractivity contribution is 0.537. The normalized spacial score (nSPS) is 16.7. The standard InChI is InChI=1S/C5H11NO2S/c1-3-5(4-2)6-9(7)8/h3,5-6H,1,4H2,2H3,(H,7,8). The summed E-state index contributed by atoms with van der Waals surface area (Å²) in [5.41, 5.74) is 0. The Morgan fingerprint density at radius 2 is 2.56 bits per heavy atom. The van der Waals surface area contributed by atoms with E-state index in [1.165, 1.54) is 0 Å². The third-order valence-electron chi connectivity index (χ3n) is 0.977. The van der Waals surface area contributed by atoms with Gasteiger partial charge in [-0.15, -0.1) is 6.58 Å². The molecular weight excluding hydrogens is 138 g/mol. The maximum absolute atomic E-state index is 10.1. The second-order valence-electron chi connectivity index (χ2n) is 1.62. The molecule has 0 saturated carbocycles. The molecule has 0 radical (unpaired) electrons. The Morgan fingerprint density at radius 1 is 2.00 bits per heavy atom. The van der Waals surface area contributed by atoms with Crippen molar-refractivity contribution >= 4 is 11.3 Å². The lowest BCUT2D eigenvalue weighted by Gasteiger charge is -2.06. The van der Waals surface area contributed by atoms with Crippen LogP contribution in [-0.4, -0.2) is 14.8 Å². The third kappa shape index (κ3) is 4.32. The van der Waals surface area contributed by atoms with E-state index in [4.69, 9.17) is 4.55 Å². The van der Waals surface area contributed by atoms with Crippen LogP contribution in [0.1, 0.15) is 13.3 Å². The molecule has 0 amide bonds. The minimum Gasteiger partial charge on any atom is -0.294 e. The van der Waals surface area contributed by atoms with Crippen molar-refractivity contribution in [2.45, 2.75) is 19.4 Å². The quantitative estimate of drug-likeness (QED) is 0.456. The molecule has 9 heavy (non-hydrogen) atoms. The molecule has 2 atom stereocenters. The molecule has 0 rings (SSSR count). The molecule has 0 aliphatic carbocycles. The number of hydrogen-bond donors (Lipinski definition) is 2. The Labute approximate surface area is 57.6 Å². The Bertz CT molecular complexity index is 116. The molecule has 0 bridgehead atoms. The highest BCUT2D eigenvalue weighted by Gasteiger charge is 2.00. The first-order chi connectivity index (χ1) is 4.20. The van der Waals surface area contributed by atoms with E-state index in [0.29, 0.717) is 0 Å². The largest absolute Gasteiger partial charge is 0.294 e. The van der Waals surface area contributed by atoms with Crippen molar-refractivity contribution in [1.82, 2.24) is 4.72 Å². The van der Waals surface area contributed by atoms with Crippen LogP contribution in [0, 0.1) is 0 Å². The zero-order valence-electron chi connectivity index (χ0n) is 5.33. The van der Waals surface area contributed by atoms with Gasteiger partial charge in [0.15, 0.2) is 0 Å². The highest BCUT2D eigenvalue weighted by Crippen LogP contribution is 1.90. The van der Waals surface area contributed by atoms with Crippen LogP contribution >= 0.6 is 0 Å². The van der Waals surface area contributed by atoms with Gasteiger partial charge in [-0.25, -0.2) is 8.93 Å². The number of nitrogens with one attached hydrogen (secondary N) is 1. The van der Waals surface area contributed by atoms with Gasteiger partial charge in [0.1, 0.15) is 0 Å². The van der Waals surface area contributed by atoms with Gasteiger partial charge in [0.2, 0.25) is 11.3 Å². The maximum atomic E-state index is 10.1. The molecule has 3 nitrogen and oxygen atoms in total. The molecule has 0 aliphatic rings. The summed E-state index contributed by atoms with van der Waals surface area (Å²) in [6, 6.07) is -0.0594. The molecule has 0 aromatic carbocycles. The van der Waals surface area contributed by atoms with E-state index in [0.717, 1.165) is 6.42 Å². The van der Waals surface area contributed by atoms with Crippen molar-refractivity contribution < 1.29 is 8.76 Å². The van der Waals surface area contributed by atoms with E-state index in [2.05, 4.69) is 11.3 Å². The lowest BCUT2D eigenvalue weighted by atomic mass is 10.2. The SMILES string of the molecule is C=CC(CC)NS(=O)O. The Balaban J connectivity index is 3.55. The third-order valence-corrected chi connectivity index (χ3v) is 1.48. The summed E-state index contributed by atoms with van der Waals surface area (Å²) < 4.78 is 20.8. The Hall–Kier alpha value is -0.190. The zero-order chi connectivity index (χ0) is 7.28. The minimum atomic E-state index is -1.92. The summed E-state index contributed by atoms with van der Waals surface area (Å²) >= 11 is -1.92. The van der Waals surface area contributed by atoms with Crippen LogP contribution in [0.5, 0.6) is 0 Å². The molecule has 0 fully saturated rings. The smallest absolute Gasteiger partial charge is 0.232 e. The number of hydrogen-bond acceptors (Lipinski definition) is 1. The van der Waals surface area contributed by atoms with Gasteiger partial charge in [-0.2, -0.15) is 0 Å². The summed E-state index contributed by atoms with van der Waals surface area (Å²) in [4.78, 5) is 0. The van der Waals surface area contributed by atoms with Gasteiger partial charge in [0.25, 0.3) is 0 Å². The second-order valence-corrected chi connectivity index (χ2v) is 2.35. The molecule has 2 unspecified atom stereocenters. The molecule has 0 aromatic rings. The Morgan fingerprint density at radius 3 is 2.67 bits per heavy atom. The van der Waals surface area contributed by atoms with Crippen LogP contribution in [0.3, 0.4) is 0 Å². The summed E-state index contributed by atoms with van der Waals surface area (Å²) in [5.74, 6) is 0. The topological polar surface area (TPSA) is 49.3 Å². The molecule has 0 aromatic heterocycles.